The van der Waals surface area contributed by atoms with Crippen LogP contribution in [0.2, 0.25) is 0 Å². The molecule has 1 rings (SSSR count). The normalized spacial score (nSPS) is 13.6. The Morgan fingerprint density at radius 3 is 2.44 bits per heavy atom. The zero-order chi connectivity index (χ0) is 12.3. The van der Waals surface area contributed by atoms with Crippen molar-refractivity contribution >= 4 is 0 Å². The summed E-state index contributed by atoms with van der Waals surface area (Å²) in [7, 11) is 0. The van der Waals surface area contributed by atoms with Crippen molar-refractivity contribution in [1.82, 2.24) is 0 Å². The van der Waals surface area contributed by atoms with Crippen molar-refractivity contribution in [3.8, 4) is 5.75 Å². The summed E-state index contributed by atoms with van der Waals surface area (Å²) in [5, 5.41) is 0. The van der Waals surface area contributed by atoms with Gasteiger partial charge in [0.2, 0.25) is 0 Å². The van der Waals surface area contributed by atoms with Crippen LogP contribution >= 0.6 is 0 Å². The zero-order valence-electron chi connectivity index (χ0n) is 11.0. The average molecular weight is 221 g/mol. The number of aryl methyl sites for hydroxylation is 1. The van der Waals surface area contributed by atoms with Crippen molar-refractivity contribution in [2.75, 3.05) is 6.61 Å². The number of benzene rings is 1. The van der Waals surface area contributed by atoms with Gasteiger partial charge in [-0.25, -0.2) is 0 Å². The first kappa shape index (κ1) is 13.0. The molecule has 0 aliphatic carbocycles. The highest BCUT2D eigenvalue weighted by atomic mass is 16.5. The summed E-state index contributed by atoms with van der Waals surface area (Å²) in [4.78, 5) is 0. The summed E-state index contributed by atoms with van der Waals surface area (Å²) in [6, 6.07) is 6.42. The van der Waals surface area contributed by atoms with Crippen molar-refractivity contribution in [3.63, 3.8) is 0 Å². The van der Waals surface area contributed by atoms with Crippen LogP contribution in [0, 0.1) is 6.92 Å². The van der Waals surface area contributed by atoms with Crippen molar-refractivity contribution in [2.24, 2.45) is 5.73 Å². The van der Waals surface area contributed by atoms with E-state index in [4.69, 9.17) is 10.5 Å². The minimum absolute atomic E-state index is 0.0633. The molecule has 2 nitrogen and oxygen atoms in total. The van der Waals surface area contributed by atoms with Gasteiger partial charge in [-0.3, -0.25) is 0 Å². The maximum Gasteiger partial charge on any atom is 0.123 e. The van der Waals surface area contributed by atoms with Gasteiger partial charge in [-0.2, -0.15) is 0 Å². The standard InChI is InChI=1S/C14H23NO/c1-10-6-7-12(14(3,4)5)13(8-10)16-9-11(2)15/h6-8,11H,9,15H2,1-5H3. The molecule has 0 saturated heterocycles. The van der Waals surface area contributed by atoms with E-state index in [0.29, 0.717) is 6.61 Å². The molecule has 1 atom stereocenters. The molecule has 0 aliphatic rings. The number of hydrogen-bond donors (Lipinski definition) is 1. The molecule has 0 fully saturated rings. The van der Waals surface area contributed by atoms with Crippen LogP contribution in [0.4, 0.5) is 0 Å². The van der Waals surface area contributed by atoms with Crippen LogP contribution in [0.15, 0.2) is 18.2 Å². The van der Waals surface area contributed by atoms with Gasteiger partial charge in [0.1, 0.15) is 12.4 Å². The Balaban J connectivity index is 2.99. The summed E-state index contributed by atoms with van der Waals surface area (Å²) in [6.45, 7) is 11.2. The Bertz CT molecular complexity index is 350. The molecule has 2 heteroatoms. The minimum atomic E-state index is 0.0633. The monoisotopic (exact) mass is 221 g/mol. The van der Waals surface area contributed by atoms with E-state index in [1.165, 1.54) is 11.1 Å². The topological polar surface area (TPSA) is 35.2 Å². The third-order valence-electron chi connectivity index (χ3n) is 2.45. The van der Waals surface area contributed by atoms with E-state index in [0.717, 1.165) is 5.75 Å². The second kappa shape index (κ2) is 4.88. The molecule has 0 aromatic heterocycles. The third kappa shape index (κ3) is 3.53. The lowest BCUT2D eigenvalue weighted by Crippen LogP contribution is -2.25. The van der Waals surface area contributed by atoms with Crippen molar-refractivity contribution in [3.05, 3.63) is 29.3 Å². The molecule has 90 valence electrons. The Kier molecular flexibility index (Phi) is 3.98. The Morgan fingerprint density at radius 2 is 1.94 bits per heavy atom. The fraction of sp³-hybridized carbons (Fsp3) is 0.571. The van der Waals surface area contributed by atoms with E-state index in [1.807, 2.05) is 6.92 Å². The van der Waals surface area contributed by atoms with Crippen LogP contribution in [0.3, 0.4) is 0 Å². The molecule has 0 saturated carbocycles. The van der Waals surface area contributed by atoms with E-state index in [-0.39, 0.29) is 11.5 Å². The predicted octanol–water partition coefficient (Wildman–Crippen LogP) is 3.02. The van der Waals surface area contributed by atoms with E-state index in [9.17, 15) is 0 Å². The molecule has 1 aromatic carbocycles. The largest absolute Gasteiger partial charge is 0.492 e. The van der Waals surface area contributed by atoms with Crippen molar-refractivity contribution in [2.45, 2.75) is 46.1 Å². The molecule has 0 amide bonds. The van der Waals surface area contributed by atoms with E-state index in [1.54, 1.807) is 0 Å². The number of nitrogens with two attached hydrogens (primary N) is 1. The highest BCUT2D eigenvalue weighted by Gasteiger charge is 2.19. The molecule has 0 heterocycles. The number of ether oxygens (including phenoxy) is 1. The smallest absolute Gasteiger partial charge is 0.123 e. The van der Waals surface area contributed by atoms with Crippen LogP contribution in [0.5, 0.6) is 5.75 Å². The summed E-state index contributed by atoms with van der Waals surface area (Å²) in [5.41, 5.74) is 8.26. The Morgan fingerprint density at radius 1 is 1.31 bits per heavy atom. The first-order chi connectivity index (χ1) is 7.30. The molecular formula is C14H23NO. The van der Waals surface area contributed by atoms with Gasteiger partial charge < -0.3 is 10.5 Å². The second-order valence-corrected chi connectivity index (χ2v) is 5.54. The number of hydrogen-bond acceptors (Lipinski definition) is 2. The highest BCUT2D eigenvalue weighted by Crippen LogP contribution is 2.32. The second-order valence-electron chi connectivity index (χ2n) is 5.54. The zero-order valence-corrected chi connectivity index (χ0v) is 11.0. The highest BCUT2D eigenvalue weighted by molar-refractivity contribution is 5.41. The average Bonchev–Trinajstić information content (AvgIpc) is 2.12. The van der Waals surface area contributed by atoms with Gasteiger partial charge in [-0.15, -0.1) is 0 Å². The van der Waals surface area contributed by atoms with Crippen molar-refractivity contribution in [1.29, 1.82) is 0 Å². The van der Waals surface area contributed by atoms with Crippen LogP contribution in [-0.2, 0) is 5.41 Å². The molecule has 0 spiro atoms. The lowest BCUT2D eigenvalue weighted by Gasteiger charge is -2.23. The molecule has 16 heavy (non-hydrogen) atoms. The molecule has 0 bridgehead atoms. The van der Waals surface area contributed by atoms with Crippen LogP contribution in [-0.4, -0.2) is 12.6 Å². The predicted molar refractivity (Wildman–Crippen MR) is 69.0 cm³/mol. The van der Waals surface area contributed by atoms with Crippen LogP contribution in [0.1, 0.15) is 38.8 Å². The lowest BCUT2D eigenvalue weighted by atomic mass is 9.86. The molecular weight excluding hydrogens is 198 g/mol. The van der Waals surface area contributed by atoms with Gasteiger partial charge in [0.05, 0.1) is 0 Å². The molecule has 0 aliphatic heterocycles. The van der Waals surface area contributed by atoms with Gasteiger partial charge in [0.15, 0.2) is 0 Å². The fourth-order valence-corrected chi connectivity index (χ4v) is 1.59. The first-order valence-electron chi connectivity index (χ1n) is 5.80. The van der Waals surface area contributed by atoms with Gasteiger partial charge in [0.25, 0.3) is 0 Å². The molecule has 2 N–H and O–H groups in total. The summed E-state index contributed by atoms with van der Waals surface area (Å²) < 4.78 is 5.78. The first-order valence-corrected chi connectivity index (χ1v) is 5.80. The number of rotatable bonds is 3. The summed E-state index contributed by atoms with van der Waals surface area (Å²) in [6.07, 6.45) is 0. The van der Waals surface area contributed by atoms with Gasteiger partial charge in [-0.1, -0.05) is 32.9 Å². The van der Waals surface area contributed by atoms with Crippen LogP contribution < -0.4 is 10.5 Å². The summed E-state index contributed by atoms with van der Waals surface area (Å²) in [5.74, 6) is 0.963. The summed E-state index contributed by atoms with van der Waals surface area (Å²) >= 11 is 0. The Labute approximate surface area is 98.8 Å². The third-order valence-corrected chi connectivity index (χ3v) is 2.45. The molecule has 1 aromatic rings. The fourth-order valence-electron chi connectivity index (χ4n) is 1.59. The van der Waals surface area contributed by atoms with Crippen molar-refractivity contribution < 1.29 is 4.74 Å². The lowest BCUT2D eigenvalue weighted by molar-refractivity contribution is 0.288. The SMILES string of the molecule is Cc1ccc(C(C)(C)C)c(OCC(C)N)c1. The van der Waals surface area contributed by atoms with E-state index < -0.39 is 0 Å². The van der Waals surface area contributed by atoms with Gasteiger partial charge in [-0.05, 0) is 36.5 Å². The van der Waals surface area contributed by atoms with Gasteiger partial charge in [0, 0.05) is 6.04 Å². The van der Waals surface area contributed by atoms with Crippen LogP contribution in [0.25, 0.3) is 0 Å². The molecule has 0 radical (unpaired) electrons. The van der Waals surface area contributed by atoms with E-state index in [2.05, 4.69) is 45.9 Å². The molecule has 1 unspecified atom stereocenters. The minimum Gasteiger partial charge on any atom is -0.492 e. The Hall–Kier alpha value is -1.02. The van der Waals surface area contributed by atoms with Gasteiger partial charge >= 0.3 is 0 Å². The maximum absolute atomic E-state index is 5.78. The maximum atomic E-state index is 5.78. The quantitative estimate of drug-likeness (QED) is 0.851. The van der Waals surface area contributed by atoms with E-state index >= 15 is 0 Å².